The average molecular weight is 308 g/mol. The average Bonchev–Trinajstić information content (AvgIpc) is 3.11. The van der Waals surface area contributed by atoms with E-state index in [1.807, 2.05) is 0 Å². The number of aliphatic carboxylic acids is 1. The predicted molar refractivity (Wildman–Crippen MR) is 73.2 cm³/mol. The highest BCUT2D eigenvalue weighted by atomic mass is 16.6. The SMILES string of the molecule is O=C(O)C1CC2CCCCC2N1C(=O)c1[nH]ncc1[N+](=O)[O-]. The lowest BCUT2D eigenvalue weighted by Gasteiger charge is -2.32. The van der Waals surface area contributed by atoms with Gasteiger partial charge in [0, 0.05) is 6.04 Å². The van der Waals surface area contributed by atoms with Crippen LogP contribution in [-0.2, 0) is 4.79 Å². The van der Waals surface area contributed by atoms with E-state index in [4.69, 9.17) is 0 Å². The topological polar surface area (TPSA) is 129 Å². The summed E-state index contributed by atoms with van der Waals surface area (Å²) >= 11 is 0. The molecule has 3 atom stereocenters. The molecule has 1 aliphatic carbocycles. The minimum atomic E-state index is -1.06. The van der Waals surface area contributed by atoms with Crippen molar-refractivity contribution < 1.29 is 19.6 Å². The smallest absolute Gasteiger partial charge is 0.326 e. The van der Waals surface area contributed by atoms with Gasteiger partial charge in [0.25, 0.3) is 5.91 Å². The highest BCUT2D eigenvalue weighted by molar-refractivity contribution is 5.98. The summed E-state index contributed by atoms with van der Waals surface area (Å²) in [5.41, 5.74) is -0.670. The third kappa shape index (κ3) is 2.22. The Labute approximate surface area is 125 Å². The van der Waals surface area contributed by atoms with Gasteiger partial charge in [0.1, 0.15) is 12.2 Å². The van der Waals surface area contributed by atoms with Crippen LogP contribution < -0.4 is 0 Å². The van der Waals surface area contributed by atoms with Crippen LogP contribution in [0.2, 0.25) is 0 Å². The zero-order chi connectivity index (χ0) is 15.9. The third-order valence-corrected chi connectivity index (χ3v) is 4.64. The number of carboxylic acid groups (broad SMARTS) is 1. The van der Waals surface area contributed by atoms with E-state index in [0.29, 0.717) is 6.42 Å². The van der Waals surface area contributed by atoms with E-state index in [0.717, 1.165) is 31.9 Å². The molecule has 0 bridgehead atoms. The van der Waals surface area contributed by atoms with E-state index in [-0.39, 0.29) is 17.7 Å². The number of fused-ring (bicyclic) bond motifs is 1. The quantitative estimate of drug-likeness (QED) is 0.637. The van der Waals surface area contributed by atoms with E-state index >= 15 is 0 Å². The Kier molecular flexibility index (Phi) is 3.55. The lowest BCUT2D eigenvalue weighted by atomic mass is 9.84. The number of carbonyl (C=O) groups excluding carboxylic acids is 1. The first-order valence-electron chi connectivity index (χ1n) is 7.24. The molecule has 0 spiro atoms. The van der Waals surface area contributed by atoms with Crippen molar-refractivity contribution in [2.45, 2.75) is 44.2 Å². The van der Waals surface area contributed by atoms with Crippen molar-refractivity contribution in [1.82, 2.24) is 15.1 Å². The van der Waals surface area contributed by atoms with Crippen LogP contribution in [0.3, 0.4) is 0 Å². The van der Waals surface area contributed by atoms with Crippen LogP contribution in [0.1, 0.15) is 42.6 Å². The Bertz CT molecular complexity index is 628. The van der Waals surface area contributed by atoms with Gasteiger partial charge in [-0.3, -0.25) is 20.0 Å². The fraction of sp³-hybridized carbons (Fsp3) is 0.615. The molecule has 1 saturated heterocycles. The normalized spacial score (nSPS) is 27.5. The Morgan fingerprint density at radius 3 is 2.82 bits per heavy atom. The third-order valence-electron chi connectivity index (χ3n) is 4.64. The largest absolute Gasteiger partial charge is 0.480 e. The maximum atomic E-state index is 12.7. The number of hydrogen-bond donors (Lipinski definition) is 2. The van der Waals surface area contributed by atoms with Crippen molar-refractivity contribution in [1.29, 1.82) is 0 Å². The zero-order valence-electron chi connectivity index (χ0n) is 11.8. The van der Waals surface area contributed by atoms with E-state index < -0.39 is 28.5 Å². The van der Waals surface area contributed by atoms with Crippen LogP contribution >= 0.6 is 0 Å². The standard InChI is InChI=1S/C13H16N4O5/c18-12(11-10(17(21)22)6-14-15-11)16-8-4-2-1-3-7(8)5-9(16)13(19)20/h6-9H,1-5H2,(H,14,15)(H,19,20). The van der Waals surface area contributed by atoms with Gasteiger partial charge in [-0.25, -0.2) is 4.79 Å². The number of nitro groups is 1. The maximum absolute atomic E-state index is 12.7. The highest BCUT2D eigenvalue weighted by Crippen LogP contribution is 2.40. The van der Waals surface area contributed by atoms with Crippen molar-refractivity contribution >= 4 is 17.6 Å². The number of aromatic nitrogens is 2. The Balaban J connectivity index is 1.95. The second kappa shape index (κ2) is 5.39. The molecule has 3 unspecified atom stereocenters. The number of likely N-dealkylation sites (tertiary alicyclic amines) is 1. The highest BCUT2D eigenvalue weighted by Gasteiger charge is 2.49. The Hall–Kier alpha value is -2.45. The summed E-state index contributed by atoms with van der Waals surface area (Å²) in [6, 6.07) is -1.09. The molecule has 1 aliphatic heterocycles. The van der Waals surface area contributed by atoms with Gasteiger partial charge in [0.05, 0.1) is 4.92 Å². The van der Waals surface area contributed by atoms with Gasteiger partial charge in [-0.15, -0.1) is 0 Å². The van der Waals surface area contributed by atoms with E-state index in [9.17, 15) is 24.8 Å². The second-order valence-corrected chi connectivity index (χ2v) is 5.80. The lowest BCUT2D eigenvalue weighted by molar-refractivity contribution is -0.385. The molecule has 0 aromatic carbocycles. The first kappa shape index (κ1) is 14.5. The van der Waals surface area contributed by atoms with Gasteiger partial charge in [-0.05, 0) is 25.2 Å². The molecular weight excluding hydrogens is 292 g/mol. The molecule has 2 fully saturated rings. The second-order valence-electron chi connectivity index (χ2n) is 5.80. The number of aromatic amines is 1. The number of hydrogen-bond acceptors (Lipinski definition) is 5. The van der Waals surface area contributed by atoms with Crippen LogP contribution in [0.15, 0.2) is 6.20 Å². The first-order chi connectivity index (χ1) is 10.5. The van der Waals surface area contributed by atoms with Crippen LogP contribution in [0.25, 0.3) is 0 Å². The minimum Gasteiger partial charge on any atom is -0.480 e. The number of rotatable bonds is 3. The van der Waals surface area contributed by atoms with Crippen LogP contribution in [0, 0.1) is 16.0 Å². The summed E-state index contributed by atoms with van der Waals surface area (Å²) in [4.78, 5) is 35.8. The molecule has 3 rings (SSSR count). The maximum Gasteiger partial charge on any atom is 0.326 e. The number of carboxylic acids is 1. The van der Waals surface area contributed by atoms with E-state index in [1.54, 1.807) is 0 Å². The van der Waals surface area contributed by atoms with Crippen LogP contribution in [0.5, 0.6) is 0 Å². The molecule has 2 heterocycles. The Morgan fingerprint density at radius 1 is 1.41 bits per heavy atom. The number of nitrogens with zero attached hydrogens (tertiary/aromatic N) is 3. The van der Waals surface area contributed by atoms with Crippen molar-refractivity contribution in [3.05, 3.63) is 22.0 Å². The molecule has 2 N–H and O–H groups in total. The first-order valence-corrected chi connectivity index (χ1v) is 7.24. The number of nitrogens with one attached hydrogen (secondary N) is 1. The van der Waals surface area contributed by atoms with Crippen molar-refractivity contribution in [3.63, 3.8) is 0 Å². The summed E-state index contributed by atoms with van der Waals surface area (Å²) in [5, 5.41) is 26.3. The molecule has 22 heavy (non-hydrogen) atoms. The minimum absolute atomic E-state index is 0.153. The fourth-order valence-corrected chi connectivity index (χ4v) is 3.68. The lowest BCUT2D eigenvalue weighted by Crippen LogP contribution is -2.46. The molecule has 9 nitrogen and oxygen atoms in total. The fourth-order valence-electron chi connectivity index (χ4n) is 3.68. The zero-order valence-corrected chi connectivity index (χ0v) is 11.8. The van der Waals surface area contributed by atoms with E-state index in [2.05, 4.69) is 10.2 Å². The molecule has 9 heteroatoms. The van der Waals surface area contributed by atoms with Gasteiger partial charge in [0.2, 0.25) is 5.69 Å². The van der Waals surface area contributed by atoms with Crippen molar-refractivity contribution in [2.24, 2.45) is 5.92 Å². The summed E-state index contributed by atoms with van der Waals surface area (Å²) < 4.78 is 0. The number of H-pyrrole nitrogens is 1. The molecule has 1 amide bonds. The number of amides is 1. The van der Waals surface area contributed by atoms with Crippen molar-refractivity contribution in [2.75, 3.05) is 0 Å². The van der Waals surface area contributed by atoms with Gasteiger partial charge >= 0.3 is 11.7 Å². The molecule has 1 aromatic heterocycles. The summed E-state index contributed by atoms with van der Waals surface area (Å²) in [7, 11) is 0. The molecule has 1 saturated carbocycles. The molecule has 0 radical (unpaired) electrons. The van der Waals surface area contributed by atoms with Crippen molar-refractivity contribution in [3.8, 4) is 0 Å². The summed E-state index contributed by atoms with van der Waals surface area (Å²) in [5.74, 6) is -1.56. The number of carbonyl (C=O) groups is 2. The Morgan fingerprint density at radius 2 is 2.14 bits per heavy atom. The van der Waals surface area contributed by atoms with Gasteiger partial charge in [0.15, 0.2) is 0 Å². The van der Waals surface area contributed by atoms with Gasteiger partial charge < -0.3 is 10.0 Å². The van der Waals surface area contributed by atoms with Crippen LogP contribution in [-0.4, -0.2) is 49.1 Å². The predicted octanol–water partition coefficient (Wildman–Crippen LogP) is 1.18. The van der Waals surface area contributed by atoms with E-state index in [1.165, 1.54) is 4.90 Å². The summed E-state index contributed by atoms with van der Waals surface area (Å²) in [6.45, 7) is 0. The van der Waals surface area contributed by atoms with Gasteiger partial charge in [-0.2, -0.15) is 5.10 Å². The summed E-state index contributed by atoms with van der Waals surface area (Å²) in [6.07, 6.45) is 4.97. The van der Waals surface area contributed by atoms with Crippen LogP contribution in [0.4, 0.5) is 5.69 Å². The molecule has 1 aromatic rings. The van der Waals surface area contributed by atoms with Gasteiger partial charge in [-0.1, -0.05) is 12.8 Å². The monoisotopic (exact) mass is 308 g/mol. The molecular formula is C13H16N4O5. The molecule has 118 valence electrons. The molecule has 2 aliphatic rings.